The molecule has 5 unspecified atom stereocenters. The van der Waals surface area contributed by atoms with Crippen molar-refractivity contribution in [2.24, 2.45) is 44.6 Å². The second-order valence-electron chi connectivity index (χ2n) is 19.7. The van der Waals surface area contributed by atoms with Gasteiger partial charge in [-0.25, -0.2) is 15.0 Å². The van der Waals surface area contributed by atoms with Crippen LogP contribution in [-0.4, -0.2) is 46.0 Å². The molecule has 336 valence electrons. The minimum Gasteiger partial charge on any atom is -0.511 e. The summed E-state index contributed by atoms with van der Waals surface area (Å²) in [7, 11) is 0. The number of rotatable bonds is 19. The smallest absolute Gasteiger partial charge is 0.306 e. The van der Waals surface area contributed by atoms with Gasteiger partial charge in [0, 0.05) is 52.8 Å². The SMILES string of the molecule is CCC1=C(C)C2=NC1=CC1=C(C)C3=C(O)CC(=C4NC(=C(C)C5=NC(=C2)C(C(C)O)=C5C)C(C)C4CCC(=O)OCC=C(C)CCCC(C)CCCC(C)CCCC(C)C)C3=N1. The Morgan fingerprint density at radius 3 is 2.18 bits per heavy atom. The number of nitrogens with zero attached hydrogens (tertiary/aromatic N) is 3. The first-order chi connectivity index (χ1) is 29.5. The van der Waals surface area contributed by atoms with E-state index >= 15 is 0 Å². The van der Waals surface area contributed by atoms with Gasteiger partial charge in [0.2, 0.25) is 0 Å². The highest BCUT2D eigenvalue weighted by Gasteiger charge is 2.42. The maximum absolute atomic E-state index is 13.4. The number of nitrogens with one attached hydrogen (secondary N) is 1. The molecule has 0 radical (unpaired) electrons. The van der Waals surface area contributed by atoms with Crippen molar-refractivity contribution < 1.29 is 19.7 Å². The Balaban J connectivity index is 1.16. The van der Waals surface area contributed by atoms with E-state index in [-0.39, 0.29) is 24.2 Å². The zero-order valence-electron chi connectivity index (χ0n) is 40.1. The van der Waals surface area contributed by atoms with Crippen LogP contribution in [0.1, 0.15) is 167 Å². The molecule has 1 fully saturated rings. The van der Waals surface area contributed by atoms with Gasteiger partial charge in [-0.05, 0) is 131 Å². The molecule has 0 aromatic carbocycles. The first-order valence-electron chi connectivity index (χ1n) is 24.0. The highest BCUT2D eigenvalue weighted by Crippen LogP contribution is 2.47. The number of fused-ring (bicyclic) bond motifs is 5. The Morgan fingerprint density at radius 2 is 1.52 bits per heavy atom. The van der Waals surface area contributed by atoms with Crippen molar-refractivity contribution in [1.29, 1.82) is 0 Å². The Kier molecular flexibility index (Phi) is 15.6. The number of hydrogen-bond donors (Lipinski definition) is 3. The highest BCUT2D eigenvalue weighted by molar-refractivity contribution is 6.21. The first kappa shape index (κ1) is 47.2. The summed E-state index contributed by atoms with van der Waals surface area (Å²) < 4.78 is 5.82. The van der Waals surface area contributed by atoms with Gasteiger partial charge in [-0.1, -0.05) is 92.1 Å². The molecule has 6 rings (SSSR count). The van der Waals surface area contributed by atoms with Gasteiger partial charge < -0.3 is 20.3 Å². The topological polar surface area (TPSA) is 116 Å². The van der Waals surface area contributed by atoms with Crippen LogP contribution in [0.5, 0.6) is 0 Å². The van der Waals surface area contributed by atoms with Gasteiger partial charge in [0.25, 0.3) is 0 Å². The lowest BCUT2D eigenvalue weighted by molar-refractivity contribution is -0.142. The normalized spacial score (nSPS) is 22.8. The van der Waals surface area contributed by atoms with Gasteiger partial charge in [0.1, 0.15) is 12.4 Å². The molecule has 8 bridgehead atoms. The molecule has 6 aliphatic rings. The average molecular weight is 845 g/mol. The fourth-order valence-corrected chi connectivity index (χ4v) is 10.5. The standard InChI is InChI=1S/C54H76N4O4/c1-13-40-34(7)43-29-46-49(39(12)59)37(10)52(57-46)38(11)51-35(8)41(53(58-51)42-27-47(60)50-36(9)44(56-54(42)50)28-45(40)55-43)23-24-48(61)62-26-25-33(6)22-16-21-32(5)20-15-19-31(4)18-14-17-30(2)3/h25,28-32,35,39,41,58-60H,13-24,26-27H2,1-12H3. The summed E-state index contributed by atoms with van der Waals surface area (Å²) >= 11 is 0. The molecule has 5 aliphatic heterocycles. The number of ether oxygens (including phenoxy) is 1. The molecule has 62 heavy (non-hydrogen) atoms. The van der Waals surface area contributed by atoms with Gasteiger partial charge in [-0.15, -0.1) is 0 Å². The average Bonchev–Trinajstić information content (AvgIpc) is 3.98. The lowest BCUT2D eigenvalue weighted by Gasteiger charge is -2.18. The second-order valence-corrected chi connectivity index (χ2v) is 19.7. The molecule has 0 aromatic rings. The van der Waals surface area contributed by atoms with E-state index < -0.39 is 6.10 Å². The summed E-state index contributed by atoms with van der Waals surface area (Å²) in [4.78, 5) is 28.9. The maximum Gasteiger partial charge on any atom is 0.306 e. The van der Waals surface area contributed by atoms with E-state index in [1.54, 1.807) is 6.92 Å². The predicted octanol–water partition coefficient (Wildman–Crippen LogP) is 13.1. The summed E-state index contributed by atoms with van der Waals surface area (Å²) in [5.74, 6) is 2.47. The number of carbonyl (C=O) groups is 1. The quantitative estimate of drug-likeness (QED) is 0.0884. The Labute approximate surface area is 373 Å². The van der Waals surface area contributed by atoms with Gasteiger partial charge in [-0.2, -0.15) is 0 Å². The number of esters is 1. The van der Waals surface area contributed by atoms with E-state index in [9.17, 15) is 15.0 Å². The van der Waals surface area contributed by atoms with Gasteiger partial charge in [0.05, 0.1) is 40.3 Å². The molecule has 0 saturated carbocycles. The summed E-state index contributed by atoms with van der Waals surface area (Å²) in [5.41, 5.74) is 15.8. The molecule has 8 heteroatoms. The fourth-order valence-electron chi connectivity index (χ4n) is 10.5. The molecular weight excluding hydrogens is 769 g/mol. The van der Waals surface area contributed by atoms with Crippen LogP contribution in [-0.2, 0) is 9.53 Å². The minimum atomic E-state index is -0.718. The largest absolute Gasteiger partial charge is 0.511 e. The minimum absolute atomic E-state index is 0.0173. The van der Waals surface area contributed by atoms with Gasteiger partial charge in [-0.3, -0.25) is 4.79 Å². The number of carbonyl (C=O) groups excluding carboxylic acids is 1. The Morgan fingerprint density at radius 1 is 0.839 bits per heavy atom. The molecule has 8 nitrogen and oxygen atoms in total. The van der Waals surface area contributed by atoms with Crippen molar-refractivity contribution in [2.75, 3.05) is 6.61 Å². The van der Waals surface area contributed by atoms with Crippen LogP contribution < -0.4 is 5.32 Å². The van der Waals surface area contributed by atoms with Gasteiger partial charge in [0.15, 0.2) is 0 Å². The van der Waals surface area contributed by atoms with Crippen LogP contribution in [0.2, 0.25) is 0 Å². The molecule has 5 atom stereocenters. The number of aliphatic hydroxyl groups excluding tert-OH is 2. The van der Waals surface area contributed by atoms with E-state index in [1.165, 1.54) is 50.5 Å². The molecule has 0 amide bonds. The zero-order valence-corrected chi connectivity index (χ0v) is 40.1. The summed E-state index contributed by atoms with van der Waals surface area (Å²) in [6.45, 7) is 26.3. The Bertz CT molecular complexity index is 2190. The number of hydrogen-bond acceptors (Lipinski definition) is 8. The van der Waals surface area contributed by atoms with Crippen molar-refractivity contribution in [2.45, 2.75) is 173 Å². The second kappa shape index (κ2) is 20.5. The van der Waals surface area contributed by atoms with Crippen molar-refractivity contribution in [3.63, 3.8) is 0 Å². The Hall–Kier alpha value is -4.30. The van der Waals surface area contributed by atoms with E-state index in [0.29, 0.717) is 25.2 Å². The molecule has 1 aliphatic carbocycles. The summed E-state index contributed by atoms with van der Waals surface area (Å²) in [6, 6.07) is 0. The number of aliphatic hydroxyl groups is 2. The van der Waals surface area contributed by atoms with Crippen LogP contribution >= 0.6 is 0 Å². The monoisotopic (exact) mass is 845 g/mol. The number of aliphatic imine (C=N–C) groups is 3. The third-order valence-electron chi connectivity index (χ3n) is 14.4. The highest BCUT2D eigenvalue weighted by atomic mass is 16.5. The summed E-state index contributed by atoms with van der Waals surface area (Å²) in [6.07, 6.45) is 18.9. The molecular formula is C54H76N4O4. The van der Waals surface area contributed by atoms with Crippen LogP contribution in [0, 0.1) is 29.6 Å². The summed E-state index contributed by atoms with van der Waals surface area (Å²) in [5, 5.41) is 26.4. The van der Waals surface area contributed by atoms with Crippen molar-refractivity contribution >= 4 is 23.1 Å². The zero-order chi connectivity index (χ0) is 45.0. The number of allylic oxidation sites excluding steroid dienone is 12. The van der Waals surface area contributed by atoms with E-state index in [4.69, 9.17) is 19.7 Å². The first-order valence-corrected chi connectivity index (χ1v) is 24.0. The van der Waals surface area contributed by atoms with E-state index in [0.717, 1.165) is 127 Å². The maximum atomic E-state index is 13.4. The molecule has 0 spiro atoms. The van der Waals surface area contributed by atoms with Crippen molar-refractivity contribution in [1.82, 2.24) is 5.32 Å². The van der Waals surface area contributed by atoms with Crippen LogP contribution in [0.4, 0.5) is 0 Å². The lowest BCUT2D eigenvalue weighted by atomic mass is 9.85. The molecule has 3 N–H and O–H groups in total. The lowest BCUT2D eigenvalue weighted by Crippen LogP contribution is -2.16. The molecule has 0 aromatic heterocycles. The van der Waals surface area contributed by atoms with Gasteiger partial charge >= 0.3 is 5.97 Å². The predicted molar refractivity (Wildman–Crippen MR) is 257 cm³/mol. The van der Waals surface area contributed by atoms with E-state index in [1.807, 2.05) is 26.0 Å². The molecule has 1 saturated heterocycles. The van der Waals surface area contributed by atoms with Crippen molar-refractivity contribution in [3.05, 3.63) is 103 Å². The van der Waals surface area contributed by atoms with Crippen LogP contribution in [0.15, 0.2) is 118 Å². The fraction of sp³-hybridized carbons (Fsp3) is 0.593. The van der Waals surface area contributed by atoms with Crippen LogP contribution in [0.25, 0.3) is 0 Å². The third kappa shape index (κ3) is 10.4. The van der Waals surface area contributed by atoms with Crippen LogP contribution in [0.3, 0.4) is 0 Å². The third-order valence-corrected chi connectivity index (χ3v) is 14.4. The molecule has 5 heterocycles. The van der Waals surface area contributed by atoms with E-state index in [2.05, 4.69) is 73.7 Å². The van der Waals surface area contributed by atoms with Crippen molar-refractivity contribution in [3.8, 4) is 0 Å².